The normalized spacial score (nSPS) is 19.7. The zero-order chi connectivity index (χ0) is 23.0. The zero-order valence-corrected chi connectivity index (χ0v) is 19.1. The van der Waals surface area contributed by atoms with Gasteiger partial charge in [0, 0.05) is 44.3 Å². The Bertz CT molecular complexity index is 917. The molecule has 1 aliphatic heterocycles. The molecule has 176 valence electrons. The number of nitrogens with zero attached hydrogens (tertiary/aromatic N) is 2. The van der Waals surface area contributed by atoms with Crippen LogP contribution in [0.2, 0.25) is 0 Å². The molecule has 2 heterocycles. The molecule has 1 aromatic heterocycles. The molecular weight excluding hydrogens is 420 g/mol. The van der Waals surface area contributed by atoms with Crippen molar-refractivity contribution in [2.24, 2.45) is 0 Å². The van der Waals surface area contributed by atoms with Gasteiger partial charge in [-0.1, -0.05) is 12.1 Å². The fraction of sp³-hybridized carbons (Fsp3) is 0.480. The van der Waals surface area contributed by atoms with Crippen LogP contribution in [-0.2, 0) is 27.4 Å². The maximum atomic E-state index is 12.6. The summed E-state index contributed by atoms with van der Waals surface area (Å²) in [4.78, 5) is 30.6. The number of urea groups is 1. The van der Waals surface area contributed by atoms with Crippen molar-refractivity contribution in [3.63, 3.8) is 0 Å². The molecule has 2 aliphatic rings. The van der Waals surface area contributed by atoms with Gasteiger partial charge in [0.05, 0.1) is 13.2 Å². The van der Waals surface area contributed by atoms with Crippen molar-refractivity contribution >= 4 is 17.6 Å². The van der Waals surface area contributed by atoms with Crippen LogP contribution in [0.25, 0.3) is 0 Å². The minimum Gasteiger partial charge on any atom is -0.382 e. The van der Waals surface area contributed by atoms with Gasteiger partial charge in [-0.3, -0.25) is 9.78 Å². The molecule has 0 saturated heterocycles. The van der Waals surface area contributed by atoms with E-state index >= 15 is 0 Å². The lowest BCUT2D eigenvalue weighted by Gasteiger charge is -2.29. The van der Waals surface area contributed by atoms with Crippen LogP contribution in [0.1, 0.15) is 48.3 Å². The lowest BCUT2D eigenvalue weighted by atomic mass is 9.81. The van der Waals surface area contributed by atoms with Crippen LogP contribution < -0.4 is 10.6 Å². The molecule has 0 spiro atoms. The lowest BCUT2D eigenvalue weighted by molar-refractivity contribution is -0.127. The first kappa shape index (κ1) is 23.2. The second kappa shape index (κ2) is 11.2. The van der Waals surface area contributed by atoms with Gasteiger partial charge in [-0.25, -0.2) is 4.79 Å². The van der Waals surface area contributed by atoms with E-state index in [1.807, 2.05) is 24.4 Å². The summed E-state index contributed by atoms with van der Waals surface area (Å²) in [5.74, 6) is 0.411. The van der Waals surface area contributed by atoms with Crippen LogP contribution in [0, 0.1) is 0 Å². The Hall–Kier alpha value is -2.97. The molecule has 1 saturated carbocycles. The molecule has 1 aromatic carbocycles. The zero-order valence-electron chi connectivity index (χ0n) is 19.1. The van der Waals surface area contributed by atoms with Crippen LogP contribution in [0.5, 0.6) is 0 Å². The molecule has 0 bridgehead atoms. The second-order valence-electron chi connectivity index (χ2n) is 8.71. The number of aromatic nitrogens is 1. The summed E-state index contributed by atoms with van der Waals surface area (Å²) in [6, 6.07) is 10.2. The van der Waals surface area contributed by atoms with Gasteiger partial charge in [-0.05, 0) is 66.5 Å². The van der Waals surface area contributed by atoms with E-state index in [1.165, 1.54) is 5.56 Å². The molecule has 0 atom stereocenters. The highest BCUT2D eigenvalue weighted by Gasteiger charge is 2.25. The summed E-state index contributed by atoms with van der Waals surface area (Å²) in [7, 11) is 1.61. The highest BCUT2D eigenvalue weighted by Crippen LogP contribution is 2.33. The highest BCUT2D eigenvalue weighted by atomic mass is 16.5. The van der Waals surface area contributed by atoms with Crippen molar-refractivity contribution in [2.75, 3.05) is 32.2 Å². The first-order valence-electron chi connectivity index (χ1n) is 11.6. The number of pyridine rings is 1. The maximum Gasteiger partial charge on any atom is 0.322 e. The van der Waals surface area contributed by atoms with Crippen molar-refractivity contribution in [1.82, 2.24) is 15.2 Å². The fourth-order valence-electron chi connectivity index (χ4n) is 4.55. The van der Waals surface area contributed by atoms with Gasteiger partial charge in [0.15, 0.2) is 0 Å². The number of hydrogen-bond donors (Lipinski definition) is 2. The van der Waals surface area contributed by atoms with Gasteiger partial charge < -0.3 is 25.0 Å². The number of nitrogens with one attached hydrogen (secondary N) is 2. The number of methoxy groups -OCH3 is 1. The van der Waals surface area contributed by atoms with E-state index in [0.29, 0.717) is 32.2 Å². The molecule has 1 aliphatic carbocycles. The summed E-state index contributed by atoms with van der Waals surface area (Å²) in [5, 5.41) is 6.07. The van der Waals surface area contributed by atoms with Crippen LogP contribution >= 0.6 is 0 Å². The second-order valence-corrected chi connectivity index (χ2v) is 8.71. The van der Waals surface area contributed by atoms with Crippen molar-refractivity contribution in [3.8, 4) is 0 Å². The minimum atomic E-state index is -0.0959. The molecule has 1 fully saturated rings. The van der Waals surface area contributed by atoms with Gasteiger partial charge in [0.1, 0.15) is 6.61 Å². The number of ether oxygens (including phenoxy) is 2. The number of amides is 3. The smallest absolute Gasteiger partial charge is 0.322 e. The Kier molecular flexibility index (Phi) is 7.91. The van der Waals surface area contributed by atoms with Crippen LogP contribution in [0.15, 0.2) is 42.7 Å². The number of hydrogen-bond acceptors (Lipinski definition) is 5. The third kappa shape index (κ3) is 6.30. The number of rotatable bonds is 8. The highest BCUT2D eigenvalue weighted by molar-refractivity contribution is 5.89. The minimum absolute atomic E-state index is 0.0630. The summed E-state index contributed by atoms with van der Waals surface area (Å²) in [6.07, 6.45) is 7.56. The number of fused-ring (bicyclic) bond motifs is 1. The Balaban J connectivity index is 1.20. The van der Waals surface area contributed by atoms with E-state index in [2.05, 4.69) is 27.8 Å². The van der Waals surface area contributed by atoms with Gasteiger partial charge in [-0.2, -0.15) is 0 Å². The third-order valence-corrected chi connectivity index (χ3v) is 6.40. The molecule has 0 unspecified atom stereocenters. The largest absolute Gasteiger partial charge is 0.382 e. The summed E-state index contributed by atoms with van der Waals surface area (Å²) in [6.45, 7) is 2.20. The fourth-order valence-corrected chi connectivity index (χ4v) is 4.55. The van der Waals surface area contributed by atoms with E-state index in [-0.39, 0.29) is 24.6 Å². The number of carbonyl (C=O) groups excluding carboxylic acids is 2. The van der Waals surface area contributed by atoms with Crippen LogP contribution in [0.4, 0.5) is 10.5 Å². The third-order valence-electron chi connectivity index (χ3n) is 6.40. The SMILES string of the molecule is COCCOCC(=O)N[C@H]1CC[C@H](c2ccc(NC(=O)N3Cc4ccncc4C3)cc2)CC1. The molecule has 8 heteroatoms. The molecular formula is C25H32N4O4. The standard InChI is InChI=1S/C25H32N4O4/c1-32-12-13-33-17-24(30)27-22-6-2-18(3-7-22)19-4-8-23(9-5-19)28-25(31)29-15-20-10-11-26-14-21(20)16-29/h4-5,8-11,14,18,22H,2-3,6-7,12-13,15-17H2,1H3,(H,27,30)(H,28,31)/t18-,22-. The first-order valence-corrected chi connectivity index (χ1v) is 11.6. The Morgan fingerprint density at radius 2 is 1.79 bits per heavy atom. The Labute approximate surface area is 194 Å². The van der Waals surface area contributed by atoms with Crippen LogP contribution in [0.3, 0.4) is 0 Å². The average molecular weight is 453 g/mol. The molecule has 3 amide bonds. The van der Waals surface area contributed by atoms with E-state index in [9.17, 15) is 9.59 Å². The van der Waals surface area contributed by atoms with E-state index in [4.69, 9.17) is 9.47 Å². The lowest BCUT2D eigenvalue weighted by Crippen LogP contribution is -2.39. The molecule has 8 nitrogen and oxygen atoms in total. The Morgan fingerprint density at radius 3 is 2.52 bits per heavy atom. The molecule has 4 rings (SSSR count). The van der Waals surface area contributed by atoms with Gasteiger partial charge >= 0.3 is 6.03 Å². The van der Waals surface area contributed by atoms with Crippen molar-refractivity contribution in [3.05, 3.63) is 59.4 Å². The monoisotopic (exact) mass is 452 g/mol. The van der Waals surface area contributed by atoms with E-state index < -0.39 is 0 Å². The van der Waals surface area contributed by atoms with Crippen molar-refractivity contribution in [1.29, 1.82) is 0 Å². The van der Waals surface area contributed by atoms with Crippen molar-refractivity contribution in [2.45, 2.75) is 50.7 Å². The van der Waals surface area contributed by atoms with Crippen molar-refractivity contribution < 1.29 is 19.1 Å². The number of anilines is 1. The molecule has 33 heavy (non-hydrogen) atoms. The predicted molar refractivity (Wildman–Crippen MR) is 125 cm³/mol. The summed E-state index contributed by atoms with van der Waals surface area (Å²) < 4.78 is 10.2. The average Bonchev–Trinajstić information content (AvgIpc) is 3.28. The molecule has 0 radical (unpaired) electrons. The molecule has 2 aromatic rings. The number of benzene rings is 1. The number of carbonyl (C=O) groups is 2. The predicted octanol–water partition coefficient (Wildman–Crippen LogP) is 3.43. The van der Waals surface area contributed by atoms with Crippen LogP contribution in [-0.4, -0.2) is 54.8 Å². The summed E-state index contributed by atoms with van der Waals surface area (Å²) >= 11 is 0. The Morgan fingerprint density at radius 1 is 1.03 bits per heavy atom. The molecule has 2 N–H and O–H groups in total. The quantitative estimate of drug-likeness (QED) is 0.599. The van der Waals surface area contributed by atoms with Gasteiger partial charge in [0.25, 0.3) is 0 Å². The van der Waals surface area contributed by atoms with Gasteiger partial charge in [-0.15, -0.1) is 0 Å². The summed E-state index contributed by atoms with van der Waals surface area (Å²) in [5.41, 5.74) is 4.34. The van der Waals surface area contributed by atoms with Gasteiger partial charge in [0.2, 0.25) is 5.91 Å². The maximum absolute atomic E-state index is 12.6. The topological polar surface area (TPSA) is 92.8 Å². The van der Waals surface area contributed by atoms with E-state index in [1.54, 1.807) is 18.2 Å². The first-order chi connectivity index (χ1) is 16.1. The van der Waals surface area contributed by atoms with E-state index in [0.717, 1.165) is 42.5 Å².